The van der Waals surface area contributed by atoms with E-state index < -0.39 is 0 Å². The summed E-state index contributed by atoms with van der Waals surface area (Å²) in [7, 11) is 0. The van der Waals surface area contributed by atoms with Crippen LogP contribution >= 0.6 is 0 Å². The van der Waals surface area contributed by atoms with E-state index in [9.17, 15) is 4.79 Å². The lowest BCUT2D eigenvalue weighted by Gasteiger charge is -2.17. The maximum Gasteiger partial charge on any atom is 0.305 e. The number of carbonyl (C=O) groups is 1. The van der Waals surface area contributed by atoms with Crippen LogP contribution in [0.4, 0.5) is 0 Å². The highest BCUT2D eigenvalue weighted by atomic mass is 16.5. The molecule has 0 N–H and O–H groups in total. The fraction of sp³-hybridized carbons (Fsp3) is 0.917. The predicted molar refractivity (Wildman–Crippen MR) is 59.2 cm³/mol. The molecule has 0 aromatic rings. The lowest BCUT2D eigenvalue weighted by Crippen LogP contribution is -2.05. The second-order valence-corrected chi connectivity index (χ2v) is 4.93. The molecule has 2 nitrogen and oxygen atoms in total. The van der Waals surface area contributed by atoms with Crippen LogP contribution in [0.5, 0.6) is 0 Å². The molecule has 0 aromatic heterocycles. The third kappa shape index (κ3) is 9.56. The van der Waals surface area contributed by atoms with Crippen molar-refractivity contribution in [1.29, 1.82) is 0 Å². The molecule has 0 saturated carbocycles. The van der Waals surface area contributed by atoms with E-state index in [2.05, 4.69) is 20.8 Å². The first kappa shape index (κ1) is 13.5. The van der Waals surface area contributed by atoms with E-state index in [1.165, 1.54) is 12.8 Å². The third-order valence-corrected chi connectivity index (χ3v) is 2.11. The van der Waals surface area contributed by atoms with Crippen LogP contribution in [0.15, 0.2) is 0 Å². The Morgan fingerprint density at radius 2 is 1.79 bits per heavy atom. The molecule has 0 saturated heterocycles. The van der Waals surface area contributed by atoms with E-state index in [1.807, 2.05) is 6.92 Å². The SMILES string of the molecule is CCOC(=O)CCCCCC(C)(C)C. The second-order valence-electron chi connectivity index (χ2n) is 4.93. The van der Waals surface area contributed by atoms with E-state index >= 15 is 0 Å². The van der Waals surface area contributed by atoms with Crippen molar-refractivity contribution in [2.75, 3.05) is 6.61 Å². The van der Waals surface area contributed by atoms with Gasteiger partial charge in [0.25, 0.3) is 0 Å². The van der Waals surface area contributed by atoms with Gasteiger partial charge >= 0.3 is 5.97 Å². The molecular formula is C12H24O2. The molecule has 0 heterocycles. The van der Waals surface area contributed by atoms with Crippen molar-refractivity contribution in [3.8, 4) is 0 Å². The van der Waals surface area contributed by atoms with Crippen molar-refractivity contribution >= 4 is 5.97 Å². The number of ether oxygens (including phenoxy) is 1. The maximum atomic E-state index is 11.0. The summed E-state index contributed by atoms with van der Waals surface area (Å²) in [6, 6.07) is 0. The number of carbonyl (C=O) groups excluding carboxylic acids is 1. The summed E-state index contributed by atoms with van der Waals surface area (Å²) in [5.74, 6) is -0.0525. The molecule has 14 heavy (non-hydrogen) atoms. The zero-order valence-electron chi connectivity index (χ0n) is 10.1. The summed E-state index contributed by atoms with van der Waals surface area (Å²) in [4.78, 5) is 11.0. The van der Waals surface area contributed by atoms with Crippen molar-refractivity contribution < 1.29 is 9.53 Å². The van der Waals surface area contributed by atoms with Gasteiger partial charge in [0.2, 0.25) is 0 Å². The predicted octanol–water partition coefficient (Wildman–Crippen LogP) is 3.55. The highest BCUT2D eigenvalue weighted by molar-refractivity contribution is 5.69. The van der Waals surface area contributed by atoms with Crippen LogP contribution in [0, 0.1) is 5.41 Å². The molecule has 0 spiro atoms. The second kappa shape index (κ2) is 6.86. The van der Waals surface area contributed by atoms with Gasteiger partial charge in [-0.2, -0.15) is 0 Å². The molecule has 84 valence electrons. The molecule has 0 atom stereocenters. The van der Waals surface area contributed by atoms with E-state index in [0.29, 0.717) is 18.4 Å². The van der Waals surface area contributed by atoms with Gasteiger partial charge in [0.05, 0.1) is 6.61 Å². The normalized spacial score (nSPS) is 11.4. The summed E-state index contributed by atoms with van der Waals surface area (Å²) in [6.45, 7) is 9.09. The van der Waals surface area contributed by atoms with Crippen molar-refractivity contribution in [2.24, 2.45) is 5.41 Å². The van der Waals surface area contributed by atoms with Crippen molar-refractivity contribution in [3.05, 3.63) is 0 Å². The van der Waals surface area contributed by atoms with Crippen molar-refractivity contribution in [3.63, 3.8) is 0 Å². The molecule has 0 bridgehead atoms. The van der Waals surface area contributed by atoms with Gasteiger partial charge in [0.15, 0.2) is 0 Å². The van der Waals surface area contributed by atoms with Crippen LogP contribution in [0.2, 0.25) is 0 Å². The van der Waals surface area contributed by atoms with E-state index in [0.717, 1.165) is 12.8 Å². The largest absolute Gasteiger partial charge is 0.466 e. The van der Waals surface area contributed by atoms with Crippen LogP contribution < -0.4 is 0 Å². The minimum Gasteiger partial charge on any atom is -0.466 e. The van der Waals surface area contributed by atoms with Gasteiger partial charge in [0, 0.05) is 6.42 Å². The summed E-state index contributed by atoms with van der Waals surface area (Å²) < 4.78 is 4.85. The monoisotopic (exact) mass is 200 g/mol. The molecule has 0 aliphatic heterocycles. The quantitative estimate of drug-likeness (QED) is 0.484. The number of unbranched alkanes of at least 4 members (excludes halogenated alkanes) is 2. The van der Waals surface area contributed by atoms with Crippen molar-refractivity contribution in [1.82, 2.24) is 0 Å². The molecule has 0 aliphatic carbocycles. The molecular weight excluding hydrogens is 176 g/mol. The zero-order chi connectivity index (χ0) is 11.0. The first-order valence-electron chi connectivity index (χ1n) is 5.61. The average molecular weight is 200 g/mol. The molecule has 0 rings (SSSR count). The number of esters is 1. The minimum absolute atomic E-state index is 0.0525. The Labute approximate surface area is 88.0 Å². The number of hydrogen-bond donors (Lipinski definition) is 0. The van der Waals surface area contributed by atoms with Gasteiger partial charge < -0.3 is 4.74 Å². The smallest absolute Gasteiger partial charge is 0.305 e. The molecule has 0 aliphatic rings. The Balaban J connectivity index is 3.26. The molecule has 2 heteroatoms. The van der Waals surface area contributed by atoms with Crippen LogP contribution in [-0.2, 0) is 9.53 Å². The van der Waals surface area contributed by atoms with Gasteiger partial charge in [-0.05, 0) is 25.2 Å². The lowest BCUT2D eigenvalue weighted by atomic mass is 9.89. The Morgan fingerprint density at radius 3 is 2.29 bits per heavy atom. The summed E-state index contributed by atoms with van der Waals surface area (Å²) >= 11 is 0. The van der Waals surface area contributed by atoms with E-state index in [4.69, 9.17) is 4.74 Å². The van der Waals surface area contributed by atoms with Gasteiger partial charge in [-0.3, -0.25) is 4.79 Å². The van der Waals surface area contributed by atoms with Crippen LogP contribution in [0.3, 0.4) is 0 Å². The first-order valence-corrected chi connectivity index (χ1v) is 5.61. The first-order chi connectivity index (χ1) is 6.45. The zero-order valence-corrected chi connectivity index (χ0v) is 10.1. The van der Waals surface area contributed by atoms with Crippen LogP contribution in [0.1, 0.15) is 59.8 Å². The van der Waals surface area contributed by atoms with Crippen LogP contribution in [0.25, 0.3) is 0 Å². The summed E-state index contributed by atoms with van der Waals surface area (Å²) in [5.41, 5.74) is 0.421. The van der Waals surface area contributed by atoms with Gasteiger partial charge in [-0.1, -0.05) is 33.6 Å². The summed E-state index contributed by atoms with van der Waals surface area (Å²) in [6.07, 6.45) is 5.13. The highest BCUT2D eigenvalue weighted by Crippen LogP contribution is 2.22. The Hall–Kier alpha value is -0.530. The number of hydrogen-bond acceptors (Lipinski definition) is 2. The topological polar surface area (TPSA) is 26.3 Å². The van der Waals surface area contributed by atoms with E-state index in [-0.39, 0.29) is 5.97 Å². The summed E-state index contributed by atoms with van der Waals surface area (Å²) in [5, 5.41) is 0. The molecule has 0 fully saturated rings. The Morgan fingerprint density at radius 1 is 1.14 bits per heavy atom. The van der Waals surface area contributed by atoms with Gasteiger partial charge in [-0.25, -0.2) is 0 Å². The standard InChI is InChI=1S/C12H24O2/c1-5-14-11(13)9-7-6-8-10-12(2,3)4/h5-10H2,1-4H3. The van der Waals surface area contributed by atoms with Gasteiger partial charge in [-0.15, -0.1) is 0 Å². The van der Waals surface area contributed by atoms with Gasteiger partial charge in [0.1, 0.15) is 0 Å². The fourth-order valence-corrected chi connectivity index (χ4v) is 1.33. The average Bonchev–Trinajstić information content (AvgIpc) is 2.02. The van der Waals surface area contributed by atoms with Crippen LogP contribution in [-0.4, -0.2) is 12.6 Å². The maximum absolute atomic E-state index is 11.0. The van der Waals surface area contributed by atoms with Crippen molar-refractivity contribution in [2.45, 2.75) is 59.8 Å². The lowest BCUT2D eigenvalue weighted by molar-refractivity contribution is -0.143. The third-order valence-electron chi connectivity index (χ3n) is 2.11. The molecule has 0 unspecified atom stereocenters. The molecule has 0 amide bonds. The minimum atomic E-state index is -0.0525. The highest BCUT2D eigenvalue weighted by Gasteiger charge is 2.09. The number of rotatable bonds is 6. The van der Waals surface area contributed by atoms with E-state index in [1.54, 1.807) is 0 Å². The Kier molecular flexibility index (Phi) is 6.60. The molecule has 0 aromatic carbocycles. The Bertz CT molecular complexity index is 156. The fourth-order valence-electron chi connectivity index (χ4n) is 1.33. The molecule has 0 radical (unpaired) electrons.